The van der Waals surface area contributed by atoms with Gasteiger partial charge in [0.05, 0.1) is 5.69 Å². The first-order chi connectivity index (χ1) is 8.95. The number of nitriles is 1. The minimum atomic E-state index is -0.853. The maximum atomic E-state index is 13.7. The molecule has 0 unspecified atom stereocenters. The predicted molar refractivity (Wildman–Crippen MR) is 66.1 cm³/mol. The summed E-state index contributed by atoms with van der Waals surface area (Å²) in [6, 6.07) is 4.74. The molecule has 0 aliphatic rings. The molecule has 1 heterocycles. The molecule has 3 nitrogen and oxygen atoms in total. The highest BCUT2D eigenvalue weighted by Gasteiger charge is 2.14. The monoisotopic (exact) mass is 260 g/mol. The van der Waals surface area contributed by atoms with Gasteiger partial charge in [0.2, 0.25) is 0 Å². The van der Waals surface area contributed by atoms with Crippen LogP contribution in [0.4, 0.5) is 8.78 Å². The Bertz CT molecular complexity index is 757. The fourth-order valence-electron chi connectivity index (χ4n) is 1.81. The van der Waals surface area contributed by atoms with Crippen molar-refractivity contribution in [2.24, 2.45) is 0 Å². The van der Waals surface area contributed by atoms with Gasteiger partial charge in [-0.05, 0) is 37.1 Å². The van der Waals surface area contributed by atoms with E-state index in [0.29, 0.717) is 17.2 Å². The lowest BCUT2D eigenvalue weighted by Crippen LogP contribution is -2.23. The number of halogens is 2. The molecule has 0 saturated carbocycles. The van der Waals surface area contributed by atoms with Gasteiger partial charge in [-0.2, -0.15) is 5.26 Å². The van der Waals surface area contributed by atoms with E-state index in [-0.39, 0.29) is 11.3 Å². The third kappa shape index (κ3) is 2.13. The lowest BCUT2D eigenvalue weighted by Gasteiger charge is -2.11. The predicted octanol–water partition coefficient (Wildman–Crippen LogP) is 2.60. The molecule has 0 amide bonds. The summed E-state index contributed by atoms with van der Waals surface area (Å²) < 4.78 is 27.6. The second kappa shape index (κ2) is 4.65. The zero-order chi connectivity index (χ0) is 14.2. The van der Waals surface area contributed by atoms with Crippen LogP contribution in [0.15, 0.2) is 29.2 Å². The van der Waals surface area contributed by atoms with E-state index in [0.717, 1.165) is 10.6 Å². The molecular formula is C14H10F2N2O. The van der Waals surface area contributed by atoms with Crippen LogP contribution in [0, 0.1) is 36.8 Å². The Morgan fingerprint density at radius 1 is 1.26 bits per heavy atom. The van der Waals surface area contributed by atoms with E-state index in [4.69, 9.17) is 5.26 Å². The molecule has 0 fully saturated rings. The molecule has 1 aromatic carbocycles. The van der Waals surface area contributed by atoms with Gasteiger partial charge in [-0.3, -0.25) is 9.36 Å². The van der Waals surface area contributed by atoms with Gasteiger partial charge in [0.15, 0.2) is 0 Å². The normalized spacial score (nSPS) is 10.3. The van der Waals surface area contributed by atoms with E-state index < -0.39 is 17.2 Å². The van der Waals surface area contributed by atoms with E-state index in [1.54, 1.807) is 13.8 Å². The van der Waals surface area contributed by atoms with Gasteiger partial charge < -0.3 is 0 Å². The third-order valence-corrected chi connectivity index (χ3v) is 3.00. The van der Waals surface area contributed by atoms with Crippen molar-refractivity contribution < 1.29 is 8.78 Å². The standard InChI is InChI=1S/C14H10F2N2O/c1-8-7-18(14(19)11(6-17)9(8)2)13-4-3-10(15)5-12(13)16/h3-5,7H,1-2H3. The van der Waals surface area contributed by atoms with Gasteiger partial charge in [0.25, 0.3) is 5.56 Å². The SMILES string of the molecule is Cc1cn(-c2ccc(F)cc2F)c(=O)c(C#N)c1C. The third-order valence-electron chi connectivity index (χ3n) is 3.00. The summed E-state index contributed by atoms with van der Waals surface area (Å²) in [5.41, 5.74) is 0.511. The van der Waals surface area contributed by atoms with Crippen LogP contribution in [0.5, 0.6) is 0 Å². The smallest absolute Gasteiger partial charge is 0.273 e. The van der Waals surface area contributed by atoms with Crippen LogP contribution in [-0.4, -0.2) is 4.57 Å². The van der Waals surface area contributed by atoms with Crippen molar-refractivity contribution >= 4 is 0 Å². The van der Waals surface area contributed by atoms with E-state index in [2.05, 4.69) is 0 Å². The van der Waals surface area contributed by atoms with Gasteiger partial charge in [-0.1, -0.05) is 0 Å². The van der Waals surface area contributed by atoms with E-state index in [1.807, 2.05) is 6.07 Å². The summed E-state index contributed by atoms with van der Waals surface area (Å²) in [6.07, 6.45) is 1.44. The average molecular weight is 260 g/mol. The summed E-state index contributed by atoms with van der Waals surface area (Å²) in [5, 5.41) is 8.99. The van der Waals surface area contributed by atoms with E-state index in [1.165, 1.54) is 12.3 Å². The molecule has 0 saturated heterocycles. The van der Waals surface area contributed by atoms with Gasteiger partial charge in [-0.15, -0.1) is 0 Å². The van der Waals surface area contributed by atoms with E-state index in [9.17, 15) is 13.6 Å². The van der Waals surface area contributed by atoms with Gasteiger partial charge in [-0.25, -0.2) is 8.78 Å². The number of rotatable bonds is 1. The van der Waals surface area contributed by atoms with Crippen LogP contribution in [0.1, 0.15) is 16.7 Å². The number of aromatic nitrogens is 1. The zero-order valence-corrected chi connectivity index (χ0v) is 10.4. The van der Waals surface area contributed by atoms with Gasteiger partial charge >= 0.3 is 0 Å². The molecular weight excluding hydrogens is 250 g/mol. The lowest BCUT2D eigenvalue weighted by molar-refractivity contribution is 0.576. The lowest BCUT2D eigenvalue weighted by atomic mass is 10.1. The maximum absolute atomic E-state index is 13.7. The molecule has 0 atom stereocenters. The van der Waals surface area contributed by atoms with Crippen LogP contribution >= 0.6 is 0 Å². The van der Waals surface area contributed by atoms with Crippen molar-refractivity contribution in [3.63, 3.8) is 0 Å². The molecule has 2 aromatic rings. The molecule has 5 heteroatoms. The first kappa shape index (κ1) is 13.0. The van der Waals surface area contributed by atoms with Crippen LogP contribution in [-0.2, 0) is 0 Å². The highest BCUT2D eigenvalue weighted by atomic mass is 19.1. The molecule has 1 aromatic heterocycles. The minimum absolute atomic E-state index is 0.0382. The Morgan fingerprint density at radius 3 is 2.53 bits per heavy atom. The maximum Gasteiger partial charge on any atom is 0.273 e. The molecule has 0 spiro atoms. The van der Waals surface area contributed by atoms with Crippen molar-refractivity contribution in [1.29, 1.82) is 5.26 Å². The largest absolute Gasteiger partial charge is 0.280 e. The van der Waals surface area contributed by atoms with Crippen LogP contribution in [0.25, 0.3) is 5.69 Å². The van der Waals surface area contributed by atoms with Crippen LogP contribution in [0.2, 0.25) is 0 Å². The summed E-state index contributed by atoms with van der Waals surface area (Å²) in [7, 11) is 0. The molecule has 96 valence electrons. The first-order valence-corrected chi connectivity index (χ1v) is 5.54. The van der Waals surface area contributed by atoms with Crippen molar-refractivity contribution in [2.45, 2.75) is 13.8 Å². The molecule has 0 bridgehead atoms. The van der Waals surface area contributed by atoms with Crippen molar-refractivity contribution in [1.82, 2.24) is 4.57 Å². The minimum Gasteiger partial charge on any atom is -0.280 e. The van der Waals surface area contributed by atoms with Crippen LogP contribution in [0.3, 0.4) is 0 Å². The molecule has 0 N–H and O–H groups in total. The Balaban J connectivity index is 2.81. The number of hydrogen-bond donors (Lipinski definition) is 0. The fraction of sp³-hybridized carbons (Fsp3) is 0.143. The summed E-state index contributed by atoms with van der Waals surface area (Å²) in [6.45, 7) is 3.37. The second-order valence-corrected chi connectivity index (χ2v) is 4.19. The van der Waals surface area contributed by atoms with Gasteiger partial charge in [0, 0.05) is 12.3 Å². The van der Waals surface area contributed by atoms with Crippen molar-refractivity contribution in [2.75, 3.05) is 0 Å². The number of hydrogen-bond acceptors (Lipinski definition) is 2. The number of pyridine rings is 1. The van der Waals surface area contributed by atoms with Gasteiger partial charge in [0.1, 0.15) is 23.3 Å². The number of aryl methyl sites for hydroxylation is 1. The second-order valence-electron chi connectivity index (χ2n) is 4.19. The molecule has 0 aliphatic carbocycles. The topological polar surface area (TPSA) is 45.8 Å². The summed E-state index contributed by atoms with van der Waals surface area (Å²) >= 11 is 0. The quantitative estimate of drug-likeness (QED) is 0.791. The Labute approximate surface area is 108 Å². The summed E-state index contributed by atoms with van der Waals surface area (Å²) in [4.78, 5) is 12.1. The fourth-order valence-corrected chi connectivity index (χ4v) is 1.81. The highest BCUT2D eigenvalue weighted by Crippen LogP contribution is 2.16. The van der Waals surface area contributed by atoms with Crippen molar-refractivity contribution in [3.8, 4) is 11.8 Å². The first-order valence-electron chi connectivity index (χ1n) is 5.54. The van der Waals surface area contributed by atoms with Crippen molar-refractivity contribution in [3.05, 3.63) is 63.1 Å². The molecule has 19 heavy (non-hydrogen) atoms. The van der Waals surface area contributed by atoms with E-state index >= 15 is 0 Å². The zero-order valence-electron chi connectivity index (χ0n) is 10.4. The number of nitrogens with zero attached hydrogens (tertiary/aromatic N) is 2. The Kier molecular flexibility index (Phi) is 3.17. The molecule has 2 rings (SSSR count). The average Bonchev–Trinajstić information content (AvgIpc) is 2.35. The molecule has 0 radical (unpaired) electrons. The number of benzene rings is 1. The van der Waals surface area contributed by atoms with Crippen LogP contribution < -0.4 is 5.56 Å². The highest BCUT2D eigenvalue weighted by molar-refractivity contribution is 5.43. The Hall–Kier alpha value is -2.48. The Morgan fingerprint density at radius 2 is 1.95 bits per heavy atom. The summed E-state index contributed by atoms with van der Waals surface area (Å²) in [5.74, 6) is -1.58. The molecule has 0 aliphatic heterocycles.